The molecule has 1 N–H and O–H groups in total. The van der Waals surface area contributed by atoms with Gasteiger partial charge in [-0.05, 0) is 41.5 Å². The highest BCUT2D eigenvalue weighted by Gasteiger charge is 2.27. The minimum atomic E-state index is -0.747. The number of carbonyl (C=O) groups is 1. The van der Waals surface area contributed by atoms with E-state index in [1.54, 1.807) is 0 Å². The Kier molecular flexibility index (Phi) is 5.06. The summed E-state index contributed by atoms with van der Waals surface area (Å²) in [6.45, 7) is 1.96. The van der Waals surface area contributed by atoms with Crippen molar-refractivity contribution in [2.75, 3.05) is 6.61 Å². The largest absolute Gasteiger partial charge is 0.485 e. The van der Waals surface area contributed by atoms with E-state index < -0.39 is 6.10 Å². The molecule has 1 aliphatic rings. The summed E-state index contributed by atoms with van der Waals surface area (Å²) in [5.74, 6) is 0.870. The van der Waals surface area contributed by atoms with Crippen molar-refractivity contribution in [3.8, 4) is 11.5 Å². The summed E-state index contributed by atoms with van der Waals surface area (Å²) in [6.07, 6.45) is 3.03. The number of nitrogens with one attached hydrogen (secondary N) is 1. The molecule has 0 bridgehead atoms. The van der Waals surface area contributed by atoms with E-state index in [9.17, 15) is 4.79 Å². The van der Waals surface area contributed by atoms with Gasteiger partial charge in [-0.1, -0.05) is 60.7 Å². The van der Waals surface area contributed by atoms with Gasteiger partial charge in [-0.3, -0.25) is 4.79 Å². The van der Waals surface area contributed by atoms with Crippen molar-refractivity contribution < 1.29 is 14.3 Å². The van der Waals surface area contributed by atoms with E-state index in [1.807, 2.05) is 85.8 Å². The molecule has 1 amide bonds. The number of benzene rings is 3. The molecule has 0 fully saturated rings. The van der Waals surface area contributed by atoms with E-state index in [0.717, 1.165) is 16.3 Å². The second-order valence-electron chi connectivity index (χ2n) is 6.54. The smallest absolute Gasteiger partial charge is 0.284 e. The van der Waals surface area contributed by atoms with E-state index >= 15 is 0 Å². The first-order valence-electron chi connectivity index (χ1n) is 9.08. The van der Waals surface area contributed by atoms with E-state index in [4.69, 9.17) is 9.47 Å². The highest BCUT2D eigenvalue weighted by atomic mass is 16.6. The molecule has 0 spiro atoms. The van der Waals surface area contributed by atoms with Crippen molar-refractivity contribution in [1.82, 2.24) is 5.43 Å². The van der Waals surface area contributed by atoms with Crippen molar-refractivity contribution in [2.24, 2.45) is 5.10 Å². The maximum Gasteiger partial charge on any atom is 0.284 e. The lowest BCUT2D eigenvalue weighted by Crippen LogP contribution is -2.42. The molecule has 0 aliphatic carbocycles. The lowest BCUT2D eigenvalue weighted by Gasteiger charge is -2.25. The average Bonchev–Trinajstić information content (AvgIpc) is 2.74. The van der Waals surface area contributed by atoms with Crippen molar-refractivity contribution in [2.45, 2.75) is 13.0 Å². The second kappa shape index (κ2) is 7.96. The molecule has 3 aromatic carbocycles. The molecule has 1 aliphatic heterocycles. The summed E-state index contributed by atoms with van der Waals surface area (Å²) in [6, 6.07) is 21.7. The molecule has 0 unspecified atom stereocenters. The molecule has 3 aromatic rings. The number of ether oxygens (including phenoxy) is 2. The Labute approximate surface area is 163 Å². The van der Waals surface area contributed by atoms with Crippen LogP contribution in [0, 0.1) is 0 Å². The molecule has 0 saturated carbocycles. The van der Waals surface area contributed by atoms with E-state index in [2.05, 4.69) is 10.5 Å². The molecule has 4 rings (SSSR count). The van der Waals surface area contributed by atoms with Crippen LogP contribution < -0.4 is 14.9 Å². The zero-order valence-electron chi connectivity index (χ0n) is 15.5. The van der Waals surface area contributed by atoms with Crippen molar-refractivity contribution in [1.29, 1.82) is 0 Å². The molecule has 1 heterocycles. The Morgan fingerprint density at radius 2 is 1.71 bits per heavy atom. The van der Waals surface area contributed by atoms with Crippen molar-refractivity contribution in [3.05, 3.63) is 78.4 Å². The van der Waals surface area contributed by atoms with Crippen LogP contribution in [-0.2, 0) is 4.79 Å². The standard InChI is InChI=1S/C23H20N2O3/c1-16(11-12-17-7-3-2-4-8-17)24-25-23(26)22-15-27-20-13-18-9-5-6-10-19(18)14-21(20)28-22/h2-14,22H,15H2,1H3,(H,25,26)/b12-11-,24-16?/t22-/m1/s1. The molecular formula is C23H20N2O3. The number of amides is 1. The number of hydrogen-bond acceptors (Lipinski definition) is 4. The summed E-state index contributed by atoms with van der Waals surface area (Å²) < 4.78 is 11.6. The van der Waals surface area contributed by atoms with Crippen molar-refractivity contribution >= 4 is 28.5 Å². The third kappa shape index (κ3) is 4.04. The average molecular weight is 372 g/mol. The molecule has 0 saturated heterocycles. The Hall–Kier alpha value is -3.60. The van der Waals surface area contributed by atoms with Crippen LogP contribution in [0.3, 0.4) is 0 Å². The number of nitrogens with zero attached hydrogens (tertiary/aromatic N) is 1. The van der Waals surface area contributed by atoms with Crippen LogP contribution in [0.1, 0.15) is 12.5 Å². The minimum absolute atomic E-state index is 0.144. The number of hydrazone groups is 1. The van der Waals surface area contributed by atoms with Crippen LogP contribution in [-0.4, -0.2) is 24.3 Å². The summed E-state index contributed by atoms with van der Waals surface area (Å²) in [7, 11) is 0. The van der Waals surface area contributed by atoms with E-state index in [0.29, 0.717) is 17.2 Å². The zero-order valence-corrected chi connectivity index (χ0v) is 15.5. The first kappa shape index (κ1) is 17.8. The van der Waals surface area contributed by atoms with E-state index in [1.165, 1.54) is 0 Å². The SMILES string of the molecule is CC(/C=C\c1ccccc1)=NNC(=O)[C@H]1COc2cc3ccccc3cc2O1. The van der Waals surface area contributed by atoms with Gasteiger partial charge in [0.25, 0.3) is 5.91 Å². The van der Waals surface area contributed by atoms with E-state index in [-0.39, 0.29) is 12.5 Å². The zero-order chi connectivity index (χ0) is 19.3. The van der Waals surface area contributed by atoms with Crippen LogP contribution in [0.2, 0.25) is 0 Å². The Morgan fingerprint density at radius 3 is 2.46 bits per heavy atom. The summed E-state index contributed by atoms with van der Waals surface area (Å²) in [5, 5.41) is 6.22. The molecule has 5 heteroatoms. The molecule has 28 heavy (non-hydrogen) atoms. The lowest BCUT2D eigenvalue weighted by molar-refractivity contribution is -0.130. The molecule has 0 aromatic heterocycles. The molecule has 5 nitrogen and oxygen atoms in total. The van der Waals surface area contributed by atoms with Crippen LogP contribution >= 0.6 is 0 Å². The predicted octanol–water partition coefficient (Wildman–Crippen LogP) is 4.19. The topological polar surface area (TPSA) is 59.9 Å². The van der Waals surface area contributed by atoms with Crippen LogP contribution in [0.25, 0.3) is 16.8 Å². The van der Waals surface area contributed by atoms with Gasteiger partial charge < -0.3 is 9.47 Å². The maximum atomic E-state index is 12.4. The van der Waals surface area contributed by atoms with Gasteiger partial charge in [0, 0.05) is 0 Å². The molecular weight excluding hydrogens is 352 g/mol. The maximum absolute atomic E-state index is 12.4. The number of fused-ring (bicyclic) bond motifs is 2. The van der Waals surface area contributed by atoms with Gasteiger partial charge >= 0.3 is 0 Å². The van der Waals surface area contributed by atoms with Gasteiger partial charge in [0.1, 0.15) is 6.61 Å². The highest BCUT2D eigenvalue weighted by Crippen LogP contribution is 2.35. The first-order chi connectivity index (χ1) is 13.7. The summed E-state index contributed by atoms with van der Waals surface area (Å²) in [5.41, 5.74) is 4.30. The van der Waals surface area contributed by atoms with Gasteiger partial charge in [-0.2, -0.15) is 5.10 Å². The van der Waals surface area contributed by atoms with Gasteiger partial charge in [-0.15, -0.1) is 0 Å². The predicted molar refractivity (Wildman–Crippen MR) is 111 cm³/mol. The van der Waals surface area contributed by atoms with Crippen LogP contribution in [0.4, 0.5) is 0 Å². The minimum Gasteiger partial charge on any atom is -0.485 e. The number of hydrogen-bond donors (Lipinski definition) is 1. The highest BCUT2D eigenvalue weighted by molar-refractivity contribution is 5.97. The lowest BCUT2D eigenvalue weighted by atomic mass is 10.1. The number of allylic oxidation sites excluding steroid dienone is 1. The van der Waals surface area contributed by atoms with Gasteiger partial charge in [0.2, 0.25) is 6.10 Å². The molecule has 1 atom stereocenters. The van der Waals surface area contributed by atoms with Crippen molar-refractivity contribution in [3.63, 3.8) is 0 Å². The van der Waals surface area contributed by atoms with Crippen LogP contribution in [0.15, 0.2) is 77.9 Å². The van der Waals surface area contributed by atoms with Crippen LogP contribution in [0.5, 0.6) is 11.5 Å². The molecule has 0 radical (unpaired) electrons. The number of carbonyl (C=O) groups excluding carboxylic acids is 1. The Balaban J connectivity index is 1.40. The first-order valence-corrected chi connectivity index (χ1v) is 9.08. The fraction of sp³-hybridized carbons (Fsp3) is 0.130. The Morgan fingerprint density at radius 1 is 1.04 bits per heavy atom. The third-order valence-electron chi connectivity index (χ3n) is 4.42. The van der Waals surface area contributed by atoms with Gasteiger partial charge in [0.15, 0.2) is 11.5 Å². The second-order valence-corrected chi connectivity index (χ2v) is 6.54. The van der Waals surface area contributed by atoms with Gasteiger partial charge in [-0.25, -0.2) is 5.43 Å². The normalized spacial score (nSPS) is 16.3. The number of rotatable bonds is 4. The summed E-state index contributed by atoms with van der Waals surface area (Å²) in [4.78, 5) is 12.4. The molecule has 140 valence electrons. The van der Waals surface area contributed by atoms with Gasteiger partial charge in [0.05, 0.1) is 5.71 Å². The third-order valence-corrected chi connectivity index (χ3v) is 4.42. The monoisotopic (exact) mass is 372 g/mol. The fourth-order valence-electron chi connectivity index (χ4n) is 2.92. The quantitative estimate of drug-likeness (QED) is 0.552. The fourth-order valence-corrected chi connectivity index (χ4v) is 2.92. The summed E-state index contributed by atoms with van der Waals surface area (Å²) >= 11 is 0. The Bertz CT molecular complexity index is 1060.